The van der Waals surface area contributed by atoms with Gasteiger partial charge in [0.25, 0.3) is 30.4 Å². The van der Waals surface area contributed by atoms with E-state index in [0.717, 1.165) is 29.8 Å². The van der Waals surface area contributed by atoms with Crippen LogP contribution in [0.15, 0.2) is 91.6 Å². The first-order valence-corrected chi connectivity index (χ1v) is 17.6. The maximum Gasteiger partial charge on any atom is 0.296 e. The molecule has 0 atom stereocenters. The zero-order chi connectivity index (χ0) is 35.0. The molecule has 18 nitrogen and oxygen atoms in total. The van der Waals surface area contributed by atoms with Crippen molar-refractivity contribution in [3.05, 3.63) is 77.6 Å². The Hall–Kier alpha value is -5.03. The van der Waals surface area contributed by atoms with Crippen LogP contribution in [0.3, 0.4) is 0 Å². The highest BCUT2D eigenvalue weighted by Crippen LogP contribution is 2.46. The highest BCUT2D eigenvalue weighted by Gasteiger charge is 2.26. The summed E-state index contributed by atoms with van der Waals surface area (Å²) < 4.78 is 102. The minimum Gasteiger partial charge on any atom is -0.505 e. The molecule has 0 spiro atoms. The molecule has 0 bridgehead atoms. The van der Waals surface area contributed by atoms with E-state index in [1.165, 1.54) is 12.1 Å². The third kappa shape index (κ3) is 7.74. The van der Waals surface area contributed by atoms with Crippen molar-refractivity contribution in [1.82, 2.24) is 15.0 Å². The van der Waals surface area contributed by atoms with Crippen molar-refractivity contribution in [3.8, 4) is 5.75 Å². The van der Waals surface area contributed by atoms with Gasteiger partial charge in [0, 0.05) is 17.6 Å². The highest BCUT2D eigenvalue weighted by molar-refractivity contribution is 7.86. The fraction of sp³-hybridized carbons (Fsp3) is 0.0385. The Labute approximate surface area is 276 Å². The molecule has 0 aliphatic rings. The van der Waals surface area contributed by atoms with Crippen LogP contribution in [-0.2, 0) is 36.9 Å². The lowest BCUT2D eigenvalue weighted by Gasteiger charge is -2.15. The van der Waals surface area contributed by atoms with Gasteiger partial charge < -0.3 is 21.5 Å². The van der Waals surface area contributed by atoms with Crippen molar-refractivity contribution >= 4 is 87.4 Å². The van der Waals surface area contributed by atoms with Crippen LogP contribution >= 0.6 is 11.6 Å². The van der Waals surface area contributed by atoms with Gasteiger partial charge in [-0.15, -0.1) is 10.2 Å². The number of nitrogens with two attached hydrogens (primary N) is 1. The number of azo groups is 1. The SMILES string of the molecule is Nc1ccc(CNc2nc(Cl)nc(Nc3cc(S(=O)(=O)O)cc4cc(S(=O)(=O)O)c(N=Nc5ccccc5S(=O)(=O)O)c(O)c34)n2)cc1. The summed E-state index contributed by atoms with van der Waals surface area (Å²) in [5.74, 6) is -1.37. The monoisotopic (exact) mass is 736 g/mol. The van der Waals surface area contributed by atoms with Crippen LogP contribution in [0.5, 0.6) is 5.75 Å². The molecular weight excluding hydrogens is 716 g/mol. The summed E-state index contributed by atoms with van der Waals surface area (Å²) in [5.41, 5.74) is 5.31. The molecule has 5 rings (SSSR count). The molecule has 0 aliphatic heterocycles. The van der Waals surface area contributed by atoms with E-state index in [-0.39, 0.29) is 40.2 Å². The Kier molecular flexibility index (Phi) is 9.20. The van der Waals surface area contributed by atoms with E-state index in [4.69, 9.17) is 17.3 Å². The number of nitrogens with one attached hydrogen (secondary N) is 2. The number of nitrogens with zero attached hydrogens (tertiary/aromatic N) is 5. The molecule has 22 heteroatoms. The number of phenols is 1. The molecule has 250 valence electrons. The molecule has 4 aromatic carbocycles. The summed E-state index contributed by atoms with van der Waals surface area (Å²) in [5, 5.41) is 23.2. The van der Waals surface area contributed by atoms with E-state index < -0.39 is 62.2 Å². The first-order valence-electron chi connectivity index (χ1n) is 12.9. The molecule has 1 heterocycles. The van der Waals surface area contributed by atoms with Gasteiger partial charge in [-0.1, -0.05) is 24.3 Å². The molecular formula is C26H21ClN8O10S3. The lowest BCUT2D eigenvalue weighted by atomic mass is 10.1. The number of hydrogen-bond donors (Lipinski definition) is 7. The summed E-state index contributed by atoms with van der Waals surface area (Å²) in [6.45, 7) is 0.218. The maximum atomic E-state index is 12.4. The number of nitrogen functional groups attached to an aromatic ring is 1. The van der Waals surface area contributed by atoms with Crippen molar-refractivity contribution in [3.63, 3.8) is 0 Å². The quantitative estimate of drug-likeness (QED) is 0.0590. The Morgan fingerprint density at radius 1 is 0.771 bits per heavy atom. The highest BCUT2D eigenvalue weighted by atomic mass is 35.5. The third-order valence-corrected chi connectivity index (χ3v) is 9.15. The molecule has 0 saturated carbocycles. The molecule has 0 amide bonds. The molecule has 1 aromatic heterocycles. The lowest BCUT2D eigenvalue weighted by molar-refractivity contribution is 0.472. The topological polar surface area (TPSA) is 297 Å². The Morgan fingerprint density at radius 2 is 1.42 bits per heavy atom. The first-order chi connectivity index (χ1) is 22.4. The van der Waals surface area contributed by atoms with E-state index in [0.29, 0.717) is 11.8 Å². The van der Waals surface area contributed by atoms with Gasteiger partial charge in [0.1, 0.15) is 21.2 Å². The van der Waals surface area contributed by atoms with Gasteiger partial charge >= 0.3 is 0 Å². The molecule has 0 saturated heterocycles. The molecule has 0 aliphatic carbocycles. The van der Waals surface area contributed by atoms with Gasteiger partial charge in [-0.2, -0.15) is 40.2 Å². The fourth-order valence-corrected chi connectivity index (χ4v) is 6.27. The second-order valence-corrected chi connectivity index (χ2v) is 14.2. The van der Waals surface area contributed by atoms with Crippen LogP contribution in [0.2, 0.25) is 5.28 Å². The summed E-state index contributed by atoms with van der Waals surface area (Å²) >= 11 is 6.09. The molecule has 0 fully saturated rings. The van der Waals surface area contributed by atoms with E-state index in [9.17, 15) is 44.0 Å². The van der Waals surface area contributed by atoms with Crippen LogP contribution in [0.25, 0.3) is 10.8 Å². The van der Waals surface area contributed by atoms with Crippen molar-refractivity contribution in [2.75, 3.05) is 16.4 Å². The average molecular weight is 737 g/mol. The molecule has 0 unspecified atom stereocenters. The van der Waals surface area contributed by atoms with Crippen LogP contribution in [0.1, 0.15) is 5.56 Å². The number of benzene rings is 4. The summed E-state index contributed by atoms with van der Waals surface area (Å²) in [6, 6.07) is 13.9. The predicted octanol–water partition coefficient (Wildman–Crippen LogP) is 4.48. The molecule has 48 heavy (non-hydrogen) atoms. The Morgan fingerprint density at radius 3 is 2.06 bits per heavy atom. The summed E-state index contributed by atoms with van der Waals surface area (Å²) in [6.07, 6.45) is 0. The predicted molar refractivity (Wildman–Crippen MR) is 172 cm³/mol. The number of rotatable bonds is 10. The Balaban J connectivity index is 1.67. The van der Waals surface area contributed by atoms with Crippen molar-refractivity contribution < 1.29 is 44.0 Å². The number of halogens is 1. The largest absolute Gasteiger partial charge is 0.505 e. The molecule has 5 aromatic rings. The van der Waals surface area contributed by atoms with Gasteiger partial charge in [-0.25, -0.2) is 0 Å². The van der Waals surface area contributed by atoms with Crippen molar-refractivity contribution in [2.24, 2.45) is 10.2 Å². The van der Waals surface area contributed by atoms with Gasteiger partial charge in [0.2, 0.25) is 17.2 Å². The van der Waals surface area contributed by atoms with Crippen LogP contribution < -0.4 is 16.4 Å². The number of aromatic nitrogens is 3. The standard InChI is InChI=1S/C26H21ClN8O10S3/c27-24-31-25(29-12-13-5-7-15(28)8-6-13)33-26(32-24)30-18-11-16(46(37,38)39)9-14-10-20(48(43,44)45)22(23(36)21(14)18)35-34-17-3-1-2-4-19(17)47(40,41)42/h1-11,36H,12,28H2,(H,37,38,39)(H,40,41,42)(H,43,44,45)(H2,29,30,31,32,33). The first kappa shape index (κ1) is 34.3. The number of phenolic OH excluding ortho intramolecular Hbond substituents is 1. The van der Waals surface area contributed by atoms with Gasteiger partial charge in [0.15, 0.2) is 5.75 Å². The lowest BCUT2D eigenvalue weighted by Crippen LogP contribution is -2.08. The van der Waals surface area contributed by atoms with Crippen LogP contribution in [0.4, 0.5) is 34.6 Å². The Bertz CT molecular complexity index is 2450. The third-order valence-electron chi connectivity index (χ3n) is 6.39. The molecule has 0 radical (unpaired) electrons. The van der Waals surface area contributed by atoms with E-state index in [2.05, 4.69) is 35.8 Å². The number of anilines is 4. The normalized spacial score (nSPS) is 12.4. The van der Waals surface area contributed by atoms with E-state index in [1.807, 2.05) is 0 Å². The van der Waals surface area contributed by atoms with E-state index >= 15 is 0 Å². The minimum absolute atomic E-state index is 0.0468. The zero-order valence-electron chi connectivity index (χ0n) is 23.7. The van der Waals surface area contributed by atoms with Gasteiger partial charge in [0.05, 0.1) is 10.6 Å². The van der Waals surface area contributed by atoms with Gasteiger partial charge in [-0.05, 0) is 65.0 Å². The second kappa shape index (κ2) is 12.9. The smallest absolute Gasteiger partial charge is 0.296 e. The molecule has 8 N–H and O–H groups in total. The summed E-state index contributed by atoms with van der Waals surface area (Å²) in [4.78, 5) is 9.50. The maximum absolute atomic E-state index is 12.4. The minimum atomic E-state index is -5.23. The van der Waals surface area contributed by atoms with Crippen molar-refractivity contribution in [2.45, 2.75) is 21.2 Å². The number of aromatic hydroxyl groups is 1. The number of fused-ring (bicyclic) bond motifs is 1. The van der Waals surface area contributed by atoms with Crippen LogP contribution in [0, 0.1) is 0 Å². The van der Waals surface area contributed by atoms with Crippen LogP contribution in [-0.4, -0.2) is 59.0 Å². The number of hydrogen-bond acceptors (Lipinski definition) is 15. The fourth-order valence-electron chi connectivity index (χ4n) is 4.28. The zero-order valence-corrected chi connectivity index (χ0v) is 26.9. The second-order valence-electron chi connectivity index (χ2n) is 9.71. The average Bonchev–Trinajstić information content (AvgIpc) is 2.98. The van der Waals surface area contributed by atoms with Gasteiger partial charge in [-0.3, -0.25) is 13.7 Å². The van der Waals surface area contributed by atoms with Crippen molar-refractivity contribution in [1.29, 1.82) is 0 Å². The summed E-state index contributed by atoms with van der Waals surface area (Å²) in [7, 11) is -15.0. The van der Waals surface area contributed by atoms with E-state index in [1.54, 1.807) is 24.3 Å².